The van der Waals surface area contributed by atoms with Crippen LogP contribution in [0, 0.1) is 0 Å². The van der Waals surface area contributed by atoms with E-state index in [-0.39, 0.29) is 24.4 Å². The van der Waals surface area contributed by atoms with Gasteiger partial charge in [0.1, 0.15) is 18.9 Å². The quantitative estimate of drug-likeness (QED) is 0.615. The van der Waals surface area contributed by atoms with Crippen molar-refractivity contribution in [3.05, 3.63) is 59.7 Å². The van der Waals surface area contributed by atoms with E-state index in [1.807, 2.05) is 43.3 Å². The van der Waals surface area contributed by atoms with E-state index in [0.29, 0.717) is 18.7 Å². The number of aryl methyl sites for hydroxylation is 1. The number of amides is 1. The fourth-order valence-electron chi connectivity index (χ4n) is 3.18. The molecule has 164 valence electrons. The number of rotatable bonds is 9. The Labute approximate surface area is 180 Å². The number of benzene rings is 2. The highest BCUT2D eigenvalue weighted by molar-refractivity contribution is 7.92. The van der Waals surface area contributed by atoms with Crippen molar-refractivity contribution in [2.45, 2.75) is 39.5 Å². The zero-order valence-electron chi connectivity index (χ0n) is 18.4. The van der Waals surface area contributed by atoms with Gasteiger partial charge in [-0.05, 0) is 35.1 Å². The fourth-order valence-corrected chi connectivity index (χ4v) is 4.07. The average Bonchev–Trinajstić information content (AvgIpc) is 2.68. The molecule has 2 aromatic carbocycles. The second-order valence-electron chi connectivity index (χ2n) is 8.20. The van der Waals surface area contributed by atoms with E-state index >= 15 is 0 Å². The minimum absolute atomic E-state index is 0.0531. The first-order valence-electron chi connectivity index (χ1n) is 10.1. The standard InChI is InChI=1S/C23H32N2O4S/c1-6-18-11-7-9-13-20(18)25(30(5,27)28)17-22(26)24-15-16-29-21-14-10-8-12-19(21)23(2,3)4/h7-14H,6,15-17H2,1-5H3,(H,24,26). The second-order valence-corrected chi connectivity index (χ2v) is 10.1. The van der Waals surface area contributed by atoms with Crippen LogP contribution in [0.25, 0.3) is 0 Å². The van der Waals surface area contributed by atoms with Gasteiger partial charge < -0.3 is 10.1 Å². The monoisotopic (exact) mass is 432 g/mol. The van der Waals surface area contributed by atoms with Crippen LogP contribution in [0.2, 0.25) is 0 Å². The maximum Gasteiger partial charge on any atom is 0.240 e. The van der Waals surface area contributed by atoms with Crippen molar-refractivity contribution in [1.82, 2.24) is 5.32 Å². The summed E-state index contributed by atoms with van der Waals surface area (Å²) in [4.78, 5) is 12.4. The number of para-hydroxylation sites is 2. The van der Waals surface area contributed by atoms with Crippen molar-refractivity contribution in [2.24, 2.45) is 0 Å². The fraction of sp³-hybridized carbons (Fsp3) is 0.435. The lowest BCUT2D eigenvalue weighted by Crippen LogP contribution is -2.41. The molecule has 0 bridgehead atoms. The summed E-state index contributed by atoms with van der Waals surface area (Å²) in [6.45, 7) is 8.61. The van der Waals surface area contributed by atoms with Crippen LogP contribution in [0.5, 0.6) is 5.75 Å². The van der Waals surface area contributed by atoms with E-state index in [2.05, 4.69) is 26.1 Å². The Bertz CT molecular complexity index is 965. The summed E-state index contributed by atoms with van der Waals surface area (Å²) < 4.78 is 31.6. The molecule has 2 rings (SSSR count). The molecular formula is C23H32N2O4S. The molecule has 2 aromatic rings. The van der Waals surface area contributed by atoms with Crippen LogP contribution < -0.4 is 14.4 Å². The minimum atomic E-state index is -3.60. The molecule has 0 aliphatic heterocycles. The van der Waals surface area contributed by atoms with Crippen molar-refractivity contribution in [1.29, 1.82) is 0 Å². The average molecular weight is 433 g/mol. The van der Waals surface area contributed by atoms with Crippen molar-refractivity contribution in [3.8, 4) is 5.75 Å². The van der Waals surface area contributed by atoms with Gasteiger partial charge in [0.25, 0.3) is 0 Å². The molecule has 0 aromatic heterocycles. The number of anilines is 1. The number of hydrogen-bond donors (Lipinski definition) is 1. The molecule has 0 radical (unpaired) electrons. The first-order chi connectivity index (χ1) is 14.0. The van der Waals surface area contributed by atoms with Gasteiger partial charge in [0, 0.05) is 0 Å². The maximum absolute atomic E-state index is 12.4. The highest BCUT2D eigenvalue weighted by Gasteiger charge is 2.23. The zero-order valence-corrected chi connectivity index (χ0v) is 19.3. The predicted octanol–water partition coefficient (Wildman–Crippen LogP) is 3.51. The molecule has 0 atom stereocenters. The van der Waals surface area contributed by atoms with E-state index in [9.17, 15) is 13.2 Å². The number of sulfonamides is 1. The highest BCUT2D eigenvalue weighted by atomic mass is 32.2. The van der Waals surface area contributed by atoms with E-state index in [4.69, 9.17) is 4.74 Å². The third-order valence-electron chi connectivity index (χ3n) is 4.71. The van der Waals surface area contributed by atoms with Gasteiger partial charge in [-0.25, -0.2) is 8.42 Å². The molecule has 0 aliphatic carbocycles. The van der Waals surface area contributed by atoms with E-state index in [0.717, 1.165) is 27.4 Å². The van der Waals surface area contributed by atoms with Gasteiger partial charge in [0.05, 0.1) is 18.5 Å². The Kier molecular flexibility index (Phi) is 7.89. The SMILES string of the molecule is CCc1ccccc1N(CC(=O)NCCOc1ccccc1C(C)(C)C)S(C)(=O)=O. The number of nitrogens with zero attached hydrogens (tertiary/aromatic N) is 1. The number of carbonyl (C=O) groups excluding carboxylic acids is 1. The van der Waals surface area contributed by atoms with Crippen molar-refractivity contribution in [2.75, 3.05) is 30.3 Å². The molecule has 30 heavy (non-hydrogen) atoms. The molecule has 0 unspecified atom stereocenters. The molecule has 0 aliphatic rings. The number of carbonyl (C=O) groups is 1. The second kappa shape index (κ2) is 9.98. The Morgan fingerprint density at radius 2 is 1.70 bits per heavy atom. The van der Waals surface area contributed by atoms with Gasteiger partial charge in [-0.1, -0.05) is 64.1 Å². The lowest BCUT2D eigenvalue weighted by atomic mass is 9.86. The van der Waals surface area contributed by atoms with E-state index < -0.39 is 10.0 Å². The molecule has 1 amide bonds. The predicted molar refractivity (Wildman–Crippen MR) is 122 cm³/mol. The van der Waals surface area contributed by atoms with Crippen LogP contribution in [0.4, 0.5) is 5.69 Å². The van der Waals surface area contributed by atoms with E-state index in [1.165, 1.54) is 0 Å². The van der Waals surface area contributed by atoms with Crippen LogP contribution in [0.15, 0.2) is 48.5 Å². The van der Waals surface area contributed by atoms with Gasteiger partial charge in [-0.3, -0.25) is 9.10 Å². The van der Waals surface area contributed by atoms with Gasteiger partial charge >= 0.3 is 0 Å². The zero-order chi connectivity index (χ0) is 22.4. The summed E-state index contributed by atoms with van der Waals surface area (Å²) in [5, 5.41) is 2.75. The first kappa shape index (κ1) is 23.7. The summed E-state index contributed by atoms with van der Waals surface area (Å²) in [6, 6.07) is 15.0. The molecule has 1 N–H and O–H groups in total. The van der Waals surface area contributed by atoms with Crippen molar-refractivity contribution >= 4 is 21.6 Å². The first-order valence-corrected chi connectivity index (χ1v) is 11.9. The minimum Gasteiger partial charge on any atom is -0.491 e. The van der Waals surface area contributed by atoms with Crippen LogP contribution in [-0.2, 0) is 26.7 Å². The van der Waals surface area contributed by atoms with Crippen LogP contribution in [0.3, 0.4) is 0 Å². The molecule has 0 heterocycles. The molecule has 6 nitrogen and oxygen atoms in total. The summed E-state index contributed by atoms with van der Waals surface area (Å²) in [5.41, 5.74) is 2.45. The van der Waals surface area contributed by atoms with Crippen LogP contribution >= 0.6 is 0 Å². The topological polar surface area (TPSA) is 75.7 Å². The Morgan fingerprint density at radius 1 is 1.07 bits per heavy atom. The summed E-state index contributed by atoms with van der Waals surface area (Å²) >= 11 is 0. The van der Waals surface area contributed by atoms with Crippen LogP contribution in [-0.4, -0.2) is 40.3 Å². The molecule has 0 spiro atoms. The number of ether oxygens (including phenoxy) is 1. The van der Waals surface area contributed by atoms with Crippen LogP contribution in [0.1, 0.15) is 38.8 Å². The Balaban J connectivity index is 1.98. The van der Waals surface area contributed by atoms with Crippen molar-refractivity contribution < 1.29 is 17.9 Å². The van der Waals surface area contributed by atoms with Gasteiger partial charge in [0.2, 0.25) is 15.9 Å². The molecule has 0 saturated heterocycles. The lowest BCUT2D eigenvalue weighted by molar-refractivity contribution is -0.119. The normalized spacial score (nSPS) is 11.8. The molecule has 0 fully saturated rings. The van der Waals surface area contributed by atoms with E-state index in [1.54, 1.807) is 12.1 Å². The summed E-state index contributed by atoms with van der Waals surface area (Å²) in [6.07, 6.45) is 1.78. The number of nitrogens with one attached hydrogen (secondary N) is 1. The van der Waals surface area contributed by atoms with Gasteiger partial charge in [-0.2, -0.15) is 0 Å². The lowest BCUT2D eigenvalue weighted by Gasteiger charge is -2.24. The highest BCUT2D eigenvalue weighted by Crippen LogP contribution is 2.30. The third kappa shape index (κ3) is 6.49. The van der Waals surface area contributed by atoms with Gasteiger partial charge in [-0.15, -0.1) is 0 Å². The number of hydrogen-bond acceptors (Lipinski definition) is 4. The van der Waals surface area contributed by atoms with Crippen molar-refractivity contribution in [3.63, 3.8) is 0 Å². The molecule has 7 heteroatoms. The Morgan fingerprint density at radius 3 is 2.33 bits per heavy atom. The van der Waals surface area contributed by atoms with Gasteiger partial charge in [0.15, 0.2) is 0 Å². The summed E-state index contributed by atoms with van der Waals surface area (Å²) in [5.74, 6) is 0.410. The molecular weight excluding hydrogens is 400 g/mol. The smallest absolute Gasteiger partial charge is 0.240 e. The molecule has 0 saturated carbocycles. The Hall–Kier alpha value is -2.54. The third-order valence-corrected chi connectivity index (χ3v) is 5.83. The maximum atomic E-state index is 12.4. The largest absolute Gasteiger partial charge is 0.491 e. The summed E-state index contributed by atoms with van der Waals surface area (Å²) in [7, 11) is -3.60.